The number of anilines is 5. The summed E-state index contributed by atoms with van der Waals surface area (Å²) in [4.78, 5) is 30.1. The third-order valence-corrected chi connectivity index (χ3v) is 7.13. The minimum atomic E-state index is -0.264. The van der Waals surface area contributed by atoms with E-state index in [1.807, 2.05) is 36.2 Å². The summed E-state index contributed by atoms with van der Waals surface area (Å²) >= 11 is 12.7. The van der Waals surface area contributed by atoms with E-state index in [1.54, 1.807) is 18.2 Å². The van der Waals surface area contributed by atoms with E-state index in [-0.39, 0.29) is 25.2 Å². The van der Waals surface area contributed by atoms with Crippen LogP contribution in [0.25, 0.3) is 0 Å². The van der Waals surface area contributed by atoms with Crippen molar-refractivity contribution >= 4 is 57.9 Å². The van der Waals surface area contributed by atoms with E-state index in [1.165, 1.54) is 11.1 Å². The van der Waals surface area contributed by atoms with E-state index in [4.69, 9.17) is 23.2 Å². The maximum atomic E-state index is 13.3. The Balaban J connectivity index is 1.34. The molecule has 0 spiro atoms. The second-order valence-electron chi connectivity index (χ2n) is 9.04. The van der Waals surface area contributed by atoms with Crippen LogP contribution in [-0.4, -0.2) is 78.9 Å². The maximum Gasteiger partial charge on any atom is 0.265 e. The lowest BCUT2D eigenvalue weighted by Gasteiger charge is -2.40. The minimum absolute atomic E-state index is 0.0693. The Hall–Kier alpha value is -3.11. The Morgan fingerprint density at radius 1 is 1.08 bits per heavy atom. The number of nitrogens with one attached hydrogen (secondary N) is 1. The zero-order valence-corrected chi connectivity index (χ0v) is 21.5. The van der Waals surface area contributed by atoms with Crippen LogP contribution < -0.4 is 20.0 Å². The van der Waals surface area contributed by atoms with Crippen molar-refractivity contribution in [3.8, 4) is 0 Å². The van der Waals surface area contributed by atoms with Crippen LogP contribution in [0.15, 0.2) is 48.7 Å². The van der Waals surface area contributed by atoms with Crippen LogP contribution in [0.5, 0.6) is 0 Å². The van der Waals surface area contributed by atoms with Crippen molar-refractivity contribution in [2.75, 3.05) is 67.0 Å². The molecule has 0 saturated carbocycles. The number of aromatic nitrogens is 2. The molecule has 3 aromatic rings. The molecule has 2 aromatic carbocycles. The van der Waals surface area contributed by atoms with E-state index >= 15 is 0 Å². The average molecular weight is 528 g/mol. The number of aliphatic hydroxyl groups excluding tert-OH is 1. The Kier molecular flexibility index (Phi) is 6.90. The quantitative estimate of drug-likeness (QED) is 0.519. The number of likely N-dealkylation sites (N-methyl/N-ethyl adjacent to an activating group) is 1. The van der Waals surface area contributed by atoms with Gasteiger partial charge in [-0.25, -0.2) is 4.98 Å². The van der Waals surface area contributed by atoms with Crippen molar-refractivity contribution in [2.45, 2.75) is 6.04 Å². The Labute approximate surface area is 219 Å². The van der Waals surface area contributed by atoms with Gasteiger partial charge in [0.25, 0.3) is 5.91 Å². The minimum Gasteiger partial charge on any atom is -0.394 e. The molecule has 188 valence electrons. The molecule has 3 heterocycles. The van der Waals surface area contributed by atoms with Gasteiger partial charge < -0.3 is 25.1 Å². The first-order valence-corrected chi connectivity index (χ1v) is 12.4. The van der Waals surface area contributed by atoms with E-state index in [9.17, 15) is 9.90 Å². The van der Waals surface area contributed by atoms with Crippen molar-refractivity contribution in [1.82, 2.24) is 14.9 Å². The lowest BCUT2D eigenvalue weighted by atomic mass is 10.1. The fourth-order valence-corrected chi connectivity index (χ4v) is 5.26. The van der Waals surface area contributed by atoms with Crippen LogP contribution in [0.1, 0.15) is 10.4 Å². The molecule has 36 heavy (non-hydrogen) atoms. The van der Waals surface area contributed by atoms with Gasteiger partial charge in [-0.05, 0) is 43.4 Å². The van der Waals surface area contributed by atoms with Crippen LogP contribution >= 0.6 is 23.2 Å². The highest BCUT2D eigenvalue weighted by molar-refractivity contribution is 6.40. The molecule has 0 aliphatic carbocycles. The second kappa shape index (κ2) is 10.1. The molecule has 1 fully saturated rings. The molecule has 2 N–H and O–H groups in total. The molecule has 0 radical (unpaired) electrons. The summed E-state index contributed by atoms with van der Waals surface area (Å²) in [5, 5.41) is 13.8. The number of halogens is 2. The van der Waals surface area contributed by atoms with Gasteiger partial charge >= 0.3 is 0 Å². The zero-order chi connectivity index (χ0) is 25.4. The lowest BCUT2D eigenvalue weighted by Crippen LogP contribution is -2.53. The number of fused-ring (bicyclic) bond motifs is 1. The molecule has 11 heteroatoms. The van der Waals surface area contributed by atoms with Gasteiger partial charge in [0, 0.05) is 44.3 Å². The molecular weight excluding hydrogens is 501 g/mol. The fraction of sp³-hybridized carbons (Fsp3) is 0.320. The number of nitrogens with zero attached hydrogens (tertiary/aromatic N) is 6. The van der Waals surface area contributed by atoms with Crippen LogP contribution in [0.3, 0.4) is 0 Å². The van der Waals surface area contributed by atoms with Crippen molar-refractivity contribution in [1.29, 1.82) is 0 Å². The number of carbonyl (C=O) groups is 1. The summed E-state index contributed by atoms with van der Waals surface area (Å²) in [5.74, 6) is 0.648. The summed E-state index contributed by atoms with van der Waals surface area (Å²) in [6, 6.07) is 13.2. The van der Waals surface area contributed by atoms with Gasteiger partial charge in [-0.15, -0.1) is 0 Å². The largest absolute Gasteiger partial charge is 0.394 e. The molecule has 2 aliphatic heterocycles. The summed E-state index contributed by atoms with van der Waals surface area (Å²) in [6.45, 7) is 2.99. The molecule has 2 aliphatic rings. The number of amides is 1. The molecule has 0 bridgehead atoms. The number of hydrogen-bond donors (Lipinski definition) is 2. The number of aliphatic hydroxyl groups is 1. The molecule has 1 atom stereocenters. The highest BCUT2D eigenvalue weighted by atomic mass is 35.5. The highest BCUT2D eigenvalue weighted by Crippen LogP contribution is 2.37. The first-order chi connectivity index (χ1) is 17.4. The van der Waals surface area contributed by atoms with Crippen LogP contribution in [-0.2, 0) is 0 Å². The monoisotopic (exact) mass is 527 g/mol. The maximum absolute atomic E-state index is 13.3. The summed E-state index contributed by atoms with van der Waals surface area (Å²) in [5.41, 5.74) is 2.71. The second-order valence-corrected chi connectivity index (χ2v) is 9.85. The number of rotatable bonds is 5. The number of benzene rings is 2. The molecule has 9 nitrogen and oxygen atoms in total. The molecule has 0 unspecified atom stereocenters. The standard InChI is InChI=1S/C25H27Cl2N7O2/c1-31-10-11-33(18(13-31)14-35)17-8-6-16(7-9-17)29-25-28-12-19-23(30-25)32(2)15-34(24(19)36)22-20(26)4-3-5-21(22)27/h3-9,12,18,35H,10-11,13-15H2,1-2H3,(H,28,29,30)/t18-/m0/s1. The first kappa shape index (κ1) is 24.6. The SMILES string of the molecule is CN1CCN(c2ccc(Nc3ncc4c(n3)N(C)CN(c3c(Cl)cccc3Cl)C4=O)cc2)[C@H](CO)C1. The smallest absolute Gasteiger partial charge is 0.265 e. The predicted molar refractivity (Wildman–Crippen MR) is 144 cm³/mol. The van der Waals surface area contributed by atoms with Gasteiger partial charge in [-0.2, -0.15) is 4.98 Å². The first-order valence-electron chi connectivity index (χ1n) is 11.6. The molecule has 1 amide bonds. The van der Waals surface area contributed by atoms with E-state index in [0.29, 0.717) is 33.1 Å². The van der Waals surface area contributed by atoms with Crippen molar-refractivity contribution in [2.24, 2.45) is 0 Å². The van der Waals surface area contributed by atoms with Crippen molar-refractivity contribution in [3.63, 3.8) is 0 Å². The van der Waals surface area contributed by atoms with Gasteiger partial charge in [0.2, 0.25) is 5.95 Å². The van der Waals surface area contributed by atoms with Gasteiger partial charge in [0.05, 0.1) is 35.1 Å². The molecular formula is C25H27Cl2N7O2. The predicted octanol–water partition coefficient (Wildman–Crippen LogP) is 3.69. The van der Waals surface area contributed by atoms with Gasteiger partial charge in [0.15, 0.2) is 0 Å². The Morgan fingerprint density at radius 2 is 1.81 bits per heavy atom. The third kappa shape index (κ3) is 4.67. The van der Waals surface area contributed by atoms with Crippen LogP contribution in [0.2, 0.25) is 10.0 Å². The number of para-hydroxylation sites is 1. The van der Waals surface area contributed by atoms with Crippen LogP contribution in [0.4, 0.5) is 28.8 Å². The zero-order valence-electron chi connectivity index (χ0n) is 20.0. The van der Waals surface area contributed by atoms with Crippen molar-refractivity contribution in [3.05, 3.63) is 64.3 Å². The van der Waals surface area contributed by atoms with Crippen molar-refractivity contribution < 1.29 is 9.90 Å². The lowest BCUT2D eigenvalue weighted by molar-refractivity contribution is 0.0982. The fourth-order valence-electron chi connectivity index (χ4n) is 4.65. The van der Waals surface area contributed by atoms with E-state index in [2.05, 4.69) is 32.1 Å². The van der Waals surface area contributed by atoms with Gasteiger partial charge in [0.1, 0.15) is 11.4 Å². The summed E-state index contributed by atoms with van der Waals surface area (Å²) < 4.78 is 0. The molecule has 1 saturated heterocycles. The Morgan fingerprint density at radius 3 is 2.50 bits per heavy atom. The van der Waals surface area contributed by atoms with E-state index < -0.39 is 0 Å². The summed E-state index contributed by atoms with van der Waals surface area (Å²) in [7, 11) is 3.92. The normalized spacial score (nSPS) is 18.4. The highest BCUT2D eigenvalue weighted by Gasteiger charge is 2.32. The van der Waals surface area contributed by atoms with Crippen LogP contribution in [0, 0.1) is 0 Å². The Bertz CT molecular complexity index is 1250. The topological polar surface area (TPSA) is 88.1 Å². The van der Waals surface area contributed by atoms with Gasteiger partial charge in [-0.3, -0.25) is 9.69 Å². The number of carbonyl (C=O) groups excluding carboxylic acids is 1. The number of hydrogen-bond acceptors (Lipinski definition) is 8. The summed E-state index contributed by atoms with van der Waals surface area (Å²) in [6.07, 6.45) is 1.52. The molecule has 1 aromatic heterocycles. The molecule has 5 rings (SSSR count). The van der Waals surface area contributed by atoms with E-state index in [0.717, 1.165) is 31.0 Å². The average Bonchev–Trinajstić information content (AvgIpc) is 2.87. The number of piperazine rings is 1. The third-order valence-electron chi connectivity index (χ3n) is 6.52. The van der Waals surface area contributed by atoms with Gasteiger partial charge in [-0.1, -0.05) is 29.3 Å².